The molecule has 39 heavy (non-hydrogen) atoms. The Labute approximate surface area is 226 Å². The van der Waals surface area contributed by atoms with Gasteiger partial charge in [0.1, 0.15) is 29.1 Å². The van der Waals surface area contributed by atoms with Crippen LogP contribution in [0.4, 0.5) is 20.5 Å². The summed E-state index contributed by atoms with van der Waals surface area (Å²) in [4.78, 5) is 21.5. The second kappa shape index (κ2) is 10.9. The molecule has 1 aliphatic rings. The van der Waals surface area contributed by atoms with E-state index in [1.54, 1.807) is 24.4 Å². The van der Waals surface area contributed by atoms with Crippen molar-refractivity contribution in [3.05, 3.63) is 59.7 Å². The smallest absolute Gasteiger partial charge is 0.229 e. The van der Waals surface area contributed by atoms with Gasteiger partial charge in [-0.2, -0.15) is 0 Å². The molecule has 1 saturated heterocycles. The predicted octanol–water partition coefficient (Wildman–Crippen LogP) is 4.82. The average Bonchev–Trinajstić information content (AvgIpc) is 3.26. The number of hydrogen-bond acceptors (Lipinski definition) is 8. The number of benzene rings is 1. The number of aliphatic hydroxyl groups is 1. The number of aryl methyl sites for hydroxylation is 1. The number of piperazine rings is 1. The molecule has 11 heteroatoms. The van der Waals surface area contributed by atoms with Crippen LogP contribution in [0.3, 0.4) is 0 Å². The lowest BCUT2D eigenvalue weighted by atomic mass is 10.1. The Balaban J connectivity index is 1.37. The molecule has 3 aromatic heterocycles. The third kappa shape index (κ3) is 5.34. The number of nitrogens with one attached hydrogen (secondary N) is 1. The molecule has 5 rings (SSSR count). The summed E-state index contributed by atoms with van der Waals surface area (Å²) in [5.41, 5.74) is 1.75. The minimum Gasteiger partial charge on any atom is -0.374 e. The first-order valence-corrected chi connectivity index (χ1v) is 13.3. The zero-order chi connectivity index (χ0) is 27.8. The number of aliphatic hydroxyl groups excluding tert-OH is 1. The molecule has 4 aromatic rings. The standard InChI is InChI=1S/C28H34F2N8O/c1-6-36-9-10-37(17(4)15-36)27(39)19-7-8-24(31-13-19)34-28-32-14-22(30)25(35-28)20-11-21(29)26-23(12-20)38(16(2)3)18(5)33-26/h7-8,11-14,16-17,27,39H,6,9-10,15H2,1-5H3,(H,31,32,34,35)/t17-,27?/m1/s1. The van der Waals surface area contributed by atoms with Gasteiger partial charge in [0, 0.05) is 49.0 Å². The largest absolute Gasteiger partial charge is 0.374 e. The van der Waals surface area contributed by atoms with Gasteiger partial charge in [-0.1, -0.05) is 6.92 Å². The lowest BCUT2D eigenvalue weighted by molar-refractivity contribution is -0.0559. The molecule has 0 amide bonds. The summed E-state index contributed by atoms with van der Waals surface area (Å²) in [5.74, 6) is 0.0149. The van der Waals surface area contributed by atoms with Gasteiger partial charge in [-0.15, -0.1) is 0 Å². The first kappa shape index (κ1) is 27.0. The van der Waals surface area contributed by atoms with E-state index in [1.807, 2.05) is 25.3 Å². The van der Waals surface area contributed by atoms with E-state index in [0.29, 0.717) is 22.7 Å². The Morgan fingerprint density at radius 3 is 2.54 bits per heavy atom. The van der Waals surface area contributed by atoms with E-state index >= 15 is 0 Å². The number of hydrogen-bond donors (Lipinski definition) is 2. The number of likely N-dealkylation sites (N-methyl/N-ethyl adjacent to an activating group) is 1. The van der Waals surface area contributed by atoms with Crippen LogP contribution in [0.15, 0.2) is 36.7 Å². The minimum absolute atomic E-state index is 0.0327. The van der Waals surface area contributed by atoms with E-state index in [9.17, 15) is 13.9 Å². The molecule has 0 radical (unpaired) electrons. The maximum absolute atomic E-state index is 15.0. The monoisotopic (exact) mass is 536 g/mol. The summed E-state index contributed by atoms with van der Waals surface area (Å²) < 4.78 is 31.7. The van der Waals surface area contributed by atoms with Gasteiger partial charge >= 0.3 is 0 Å². The quantitative estimate of drug-likeness (QED) is 0.347. The highest BCUT2D eigenvalue weighted by Gasteiger charge is 2.28. The highest BCUT2D eigenvalue weighted by atomic mass is 19.1. The average molecular weight is 537 g/mol. The zero-order valence-corrected chi connectivity index (χ0v) is 22.9. The number of halogens is 2. The van der Waals surface area contributed by atoms with E-state index in [2.05, 4.69) is 48.9 Å². The van der Waals surface area contributed by atoms with Gasteiger partial charge in [0.25, 0.3) is 0 Å². The first-order valence-electron chi connectivity index (χ1n) is 13.3. The molecule has 206 valence electrons. The molecular formula is C28H34F2N8O. The SMILES string of the molecule is CCN1CCN(C(O)c2ccc(Nc3ncc(F)c(-c4cc(F)c5nc(C)n(C(C)C)c5c4)n3)nc2)[C@H](C)C1. The molecule has 1 aromatic carbocycles. The molecule has 0 saturated carbocycles. The summed E-state index contributed by atoms with van der Waals surface area (Å²) in [6, 6.07) is 6.71. The van der Waals surface area contributed by atoms with E-state index in [4.69, 9.17) is 0 Å². The van der Waals surface area contributed by atoms with Crippen LogP contribution in [0.2, 0.25) is 0 Å². The summed E-state index contributed by atoms with van der Waals surface area (Å²) >= 11 is 0. The van der Waals surface area contributed by atoms with Gasteiger partial charge in [0.05, 0.1) is 11.7 Å². The summed E-state index contributed by atoms with van der Waals surface area (Å²) in [5, 5.41) is 13.9. The topological polar surface area (TPSA) is 95.2 Å². The van der Waals surface area contributed by atoms with Gasteiger partial charge in [-0.3, -0.25) is 4.90 Å². The number of anilines is 2. The van der Waals surface area contributed by atoms with E-state index in [0.717, 1.165) is 32.4 Å². The van der Waals surface area contributed by atoms with Crippen LogP contribution in [0.5, 0.6) is 0 Å². The van der Waals surface area contributed by atoms with Crippen LogP contribution in [-0.4, -0.2) is 71.6 Å². The van der Waals surface area contributed by atoms with Crippen LogP contribution < -0.4 is 5.32 Å². The number of nitrogens with zero attached hydrogens (tertiary/aromatic N) is 7. The highest BCUT2D eigenvalue weighted by Crippen LogP contribution is 2.30. The van der Waals surface area contributed by atoms with Gasteiger partial charge in [-0.25, -0.2) is 28.7 Å². The molecule has 0 bridgehead atoms. The van der Waals surface area contributed by atoms with Crippen LogP contribution in [0, 0.1) is 18.6 Å². The normalized spacial score (nSPS) is 17.7. The van der Waals surface area contributed by atoms with Crippen molar-refractivity contribution in [1.29, 1.82) is 0 Å². The van der Waals surface area contributed by atoms with Gasteiger partial charge < -0.3 is 19.9 Å². The molecule has 4 heterocycles. The van der Waals surface area contributed by atoms with Gasteiger partial charge in [0.15, 0.2) is 11.6 Å². The fourth-order valence-electron chi connectivity index (χ4n) is 5.32. The molecule has 2 N–H and O–H groups in total. The van der Waals surface area contributed by atoms with Crippen molar-refractivity contribution in [2.24, 2.45) is 0 Å². The lowest BCUT2D eigenvalue weighted by Gasteiger charge is -2.41. The molecular weight excluding hydrogens is 502 g/mol. The number of aromatic nitrogens is 5. The van der Waals surface area contributed by atoms with Crippen molar-refractivity contribution in [1.82, 2.24) is 34.3 Å². The van der Waals surface area contributed by atoms with Crippen molar-refractivity contribution in [3.8, 4) is 11.3 Å². The fraction of sp³-hybridized carbons (Fsp3) is 0.429. The minimum atomic E-state index is -0.762. The number of rotatable bonds is 7. The van der Waals surface area contributed by atoms with E-state index in [-0.39, 0.29) is 34.8 Å². The fourth-order valence-corrected chi connectivity index (χ4v) is 5.32. The second-order valence-electron chi connectivity index (χ2n) is 10.3. The number of imidazole rings is 1. The molecule has 9 nitrogen and oxygen atoms in total. The van der Waals surface area contributed by atoms with Crippen molar-refractivity contribution in [2.75, 3.05) is 31.5 Å². The maximum atomic E-state index is 15.0. The number of fused-ring (bicyclic) bond motifs is 1. The highest BCUT2D eigenvalue weighted by molar-refractivity contribution is 5.83. The molecule has 1 unspecified atom stereocenters. The van der Waals surface area contributed by atoms with Crippen LogP contribution in [0.25, 0.3) is 22.3 Å². The van der Waals surface area contributed by atoms with Crippen LogP contribution in [-0.2, 0) is 0 Å². The summed E-state index contributed by atoms with van der Waals surface area (Å²) in [6.07, 6.45) is 1.89. The van der Waals surface area contributed by atoms with Gasteiger partial charge in [0.2, 0.25) is 5.95 Å². The second-order valence-corrected chi connectivity index (χ2v) is 10.3. The Morgan fingerprint density at radius 2 is 1.87 bits per heavy atom. The molecule has 0 aliphatic carbocycles. The summed E-state index contributed by atoms with van der Waals surface area (Å²) in [6.45, 7) is 13.6. The molecule has 0 spiro atoms. The summed E-state index contributed by atoms with van der Waals surface area (Å²) in [7, 11) is 0. The van der Waals surface area contributed by atoms with E-state index in [1.165, 1.54) is 6.07 Å². The maximum Gasteiger partial charge on any atom is 0.229 e. The molecule has 1 aliphatic heterocycles. The predicted molar refractivity (Wildman–Crippen MR) is 147 cm³/mol. The number of pyridine rings is 1. The molecule has 2 atom stereocenters. The Kier molecular flexibility index (Phi) is 7.57. The van der Waals surface area contributed by atoms with Gasteiger partial charge in [-0.05, 0) is 58.5 Å². The third-order valence-corrected chi connectivity index (χ3v) is 7.31. The lowest BCUT2D eigenvalue weighted by Crippen LogP contribution is -2.52. The van der Waals surface area contributed by atoms with Crippen molar-refractivity contribution >= 4 is 22.8 Å². The van der Waals surface area contributed by atoms with Crippen molar-refractivity contribution in [3.63, 3.8) is 0 Å². The first-order chi connectivity index (χ1) is 18.7. The van der Waals surface area contributed by atoms with Crippen LogP contribution >= 0.6 is 0 Å². The van der Waals surface area contributed by atoms with Crippen molar-refractivity contribution in [2.45, 2.75) is 52.9 Å². The van der Waals surface area contributed by atoms with Crippen LogP contribution in [0.1, 0.15) is 51.4 Å². The zero-order valence-electron chi connectivity index (χ0n) is 22.9. The Morgan fingerprint density at radius 1 is 1.08 bits per heavy atom. The van der Waals surface area contributed by atoms with Crippen molar-refractivity contribution < 1.29 is 13.9 Å². The Hall–Kier alpha value is -3.54. The third-order valence-electron chi connectivity index (χ3n) is 7.31. The molecule has 1 fully saturated rings. The van der Waals surface area contributed by atoms with E-state index < -0.39 is 17.9 Å². The Bertz CT molecular complexity index is 1470.